The molecule has 2 aromatic rings. The SMILES string of the molecule is O=C(CCNC(=O)C1CCN(S(=O)(=O)c2ccc(Cl)cc2)CC1)Nc1ccccn1. The number of carbonyl (C=O) groups excluding carboxylic acids is 2. The molecule has 2 heterocycles. The molecule has 160 valence electrons. The van der Waals surface area contributed by atoms with E-state index in [0.29, 0.717) is 23.7 Å². The first-order chi connectivity index (χ1) is 14.4. The summed E-state index contributed by atoms with van der Waals surface area (Å²) in [6.07, 6.45) is 2.57. The molecular formula is C20H23ClN4O4S. The van der Waals surface area contributed by atoms with Crippen LogP contribution in [0.2, 0.25) is 5.02 Å². The second-order valence-electron chi connectivity index (χ2n) is 6.94. The van der Waals surface area contributed by atoms with Crippen LogP contribution in [0.4, 0.5) is 5.82 Å². The summed E-state index contributed by atoms with van der Waals surface area (Å²) >= 11 is 5.82. The highest BCUT2D eigenvalue weighted by molar-refractivity contribution is 7.89. The van der Waals surface area contributed by atoms with E-state index in [1.165, 1.54) is 16.4 Å². The van der Waals surface area contributed by atoms with Crippen LogP contribution in [-0.4, -0.2) is 49.2 Å². The Kier molecular flexibility index (Phi) is 7.41. The molecule has 0 bridgehead atoms. The van der Waals surface area contributed by atoms with Gasteiger partial charge in [-0.2, -0.15) is 4.31 Å². The Balaban J connectivity index is 1.42. The van der Waals surface area contributed by atoms with Crippen molar-refractivity contribution in [3.8, 4) is 0 Å². The predicted octanol–water partition coefficient (Wildman–Crippen LogP) is 2.28. The first-order valence-electron chi connectivity index (χ1n) is 9.60. The zero-order valence-electron chi connectivity index (χ0n) is 16.3. The van der Waals surface area contributed by atoms with Crippen LogP contribution in [0.3, 0.4) is 0 Å². The summed E-state index contributed by atoms with van der Waals surface area (Å²) in [4.78, 5) is 28.5. The number of hydrogen-bond donors (Lipinski definition) is 2. The van der Waals surface area contributed by atoms with Gasteiger partial charge in [-0.3, -0.25) is 9.59 Å². The molecule has 0 radical (unpaired) electrons. The molecule has 2 N–H and O–H groups in total. The van der Waals surface area contributed by atoms with Gasteiger partial charge in [0.25, 0.3) is 0 Å². The maximum absolute atomic E-state index is 12.7. The van der Waals surface area contributed by atoms with Crippen molar-refractivity contribution in [1.82, 2.24) is 14.6 Å². The summed E-state index contributed by atoms with van der Waals surface area (Å²) in [5.41, 5.74) is 0. The fraction of sp³-hybridized carbons (Fsp3) is 0.350. The minimum Gasteiger partial charge on any atom is -0.355 e. The topological polar surface area (TPSA) is 108 Å². The molecule has 1 aliphatic heterocycles. The van der Waals surface area contributed by atoms with Gasteiger partial charge in [-0.1, -0.05) is 17.7 Å². The molecule has 0 saturated carbocycles. The average Bonchev–Trinajstić information content (AvgIpc) is 2.75. The maximum Gasteiger partial charge on any atom is 0.243 e. The number of nitrogens with one attached hydrogen (secondary N) is 2. The number of piperidine rings is 1. The van der Waals surface area contributed by atoms with Crippen molar-refractivity contribution in [3.63, 3.8) is 0 Å². The van der Waals surface area contributed by atoms with Crippen molar-refractivity contribution >= 4 is 39.3 Å². The molecule has 30 heavy (non-hydrogen) atoms. The second-order valence-corrected chi connectivity index (χ2v) is 9.31. The largest absolute Gasteiger partial charge is 0.355 e. The third-order valence-electron chi connectivity index (χ3n) is 4.86. The van der Waals surface area contributed by atoms with Gasteiger partial charge in [0.2, 0.25) is 21.8 Å². The van der Waals surface area contributed by atoms with E-state index in [4.69, 9.17) is 11.6 Å². The molecule has 1 aromatic carbocycles. The smallest absolute Gasteiger partial charge is 0.243 e. The summed E-state index contributed by atoms with van der Waals surface area (Å²) in [6, 6.07) is 11.2. The molecule has 3 rings (SSSR count). The maximum atomic E-state index is 12.7. The van der Waals surface area contributed by atoms with Crippen molar-refractivity contribution in [2.45, 2.75) is 24.2 Å². The van der Waals surface area contributed by atoms with Crippen LogP contribution >= 0.6 is 11.6 Å². The standard InChI is InChI=1S/C20H23ClN4O4S/c21-16-4-6-17(7-5-16)30(28,29)25-13-9-15(10-14-25)20(27)23-12-8-19(26)24-18-3-1-2-11-22-18/h1-7,11,15H,8-10,12-14H2,(H,23,27)(H,22,24,26). The monoisotopic (exact) mass is 450 g/mol. The van der Waals surface area contributed by atoms with Crippen LogP contribution < -0.4 is 10.6 Å². The van der Waals surface area contributed by atoms with Crippen LogP contribution in [0.1, 0.15) is 19.3 Å². The Bertz CT molecular complexity index is 976. The highest BCUT2D eigenvalue weighted by atomic mass is 35.5. The summed E-state index contributed by atoms with van der Waals surface area (Å²) in [5.74, 6) is -0.217. The van der Waals surface area contributed by atoms with Crippen LogP contribution in [0.15, 0.2) is 53.6 Å². The Hall–Kier alpha value is -2.49. The molecule has 8 nitrogen and oxygen atoms in total. The van der Waals surface area contributed by atoms with E-state index in [9.17, 15) is 18.0 Å². The van der Waals surface area contributed by atoms with Crippen LogP contribution in [-0.2, 0) is 19.6 Å². The number of anilines is 1. The Morgan fingerprint density at radius 2 is 1.80 bits per heavy atom. The predicted molar refractivity (Wildman–Crippen MR) is 113 cm³/mol. The summed E-state index contributed by atoms with van der Waals surface area (Å²) < 4.78 is 26.8. The molecule has 1 aromatic heterocycles. The number of pyridine rings is 1. The molecule has 0 spiro atoms. The third-order valence-corrected chi connectivity index (χ3v) is 7.02. The van der Waals surface area contributed by atoms with Gasteiger partial charge in [0.05, 0.1) is 4.90 Å². The quantitative estimate of drug-likeness (QED) is 0.672. The van der Waals surface area contributed by atoms with Gasteiger partial charge in [-0.25, -0.2) is 13.4 Å². The van der Waals surface area contributed by atoms with E-state index in [1.54, 1.807) is 36.5 Å². The minimum absolute atomic E-state index is 0.131. The Morgan fingerprint density at radius 1 is 1.10 bits per heavy atom. The number of benzene rings is 1. The van der Waals surface area contributed by atoms with Crippen molar-refractivity contribution in [1.29, 1.82) is 0 Å². The van der Waals surface area contributed by atoms with Gasteiger partial charge in [0, 0.05) is 43.2 Å². The first kappa shape index (κ1) is 22.2. The minimum atomic E-state index is -3.60. The van der Waals surface area contributed by atoms with Crippen LogP contribution in [0.5, 0.6) is 0 Å². The number of aromatic nitrogens is 1. The lowest BCUT2D eigenvalue weighted by molar-refractivity contribution is -0.126. The molecular weight excluding hydrogens is 428 g/mol. The zero-order valence-corrected chi connectivity index (χ0v) is 17.8. The number of halogens is 1. The number of amides is 2. The number of carbonyl (C=O) groups is 2. The summed E-state index contributed by atoms with van der Waals surface area (Å²) in [6.45, 7) is 0.743. The second kappa shape index (κ2) is 10.0. The van der Waals surface area contributed by atoms with Crippen LogP contribution in [0, 0.1) is 5.92 Å². The average molecular weight is 451 g/mol. The van der Waals surface area contributed by atoms with E-state index < -0.39 is 10.0 Å². The Morgan fingerprint density at radius 3 is 2.43 bits per heavy atom. The molecule has 0 aliphatic carbocycles. The van der Waals surface area contributed by atoms with Crippen molar-refractivity contribution in [2.24, 2.45) is 5.92 Å². The molecule has 1 aliphatic rings. The molecule has 0 unspecified atom stereocenters. The fourth-order valence-electron chi connectivity index (χ4n) is 3.20. The van der Waals surface area contributed by atoms with E-state index >= 15 is 0 Å². The number of nitrogens with zero attached hydrogens (tertiary/aromatic N) is 2. The van der Waals surface area contributed by atoms with E-state index in [0.717, 1.165) is 0 Å². The lowest BCUT2D eigenvalue weighted by Crippen LogP contribution is -2.43. The zero-order chi connectivity index (χ0) is 21.6. The lowest BCUT2D eigenvalue weighted by atomic mass is 9.97. The number of hydrogen-bond acceptors (Lipinski definition) is 5. The molecule has 1 saturated heterocycles. The van der Waals surface area contributed by atoms with E-state index in [1.807, 2.05) is 0 Å². The lowest BCUT2D eigenvalue weighted by Gasteiger charge is -2.30. The van der Waals surface area contributed by atoms with Crippen LogP contribution in [0.25, 0.3) is 0 Å². The van der Waals surface area contributed by atoms with Gasteiger partial charge < -0.3 is 10.6 Å². The van der Waals surface area contributed by atoms with Gasteiger partial charge in [0.1, 0.15) is 5.82 Å². The molecule has 10 heteroatoms. The van der Waals surface area contributed by atoms with Crippen molar-refractivity contribution in [2.75, 3.05) is 25.0 Å². The number of sulfonamides is 1. The summed E-state index contributed by atoms with van der Waals surface area (Å²) in [5, 5.41) is 5.88. The molecule has 1 fully saturated rings. The fourth-order valence-corrected chi connectivity index (χ4v) is 4.80. The Labute approximate surface area is 180 Å². The van der Waals surface area contributed by atoms with Gasteiger partial charge >= 0.3 is 0 Å². The van der Waals surface area contributed by atoms with Gasteiger partial charge in [-0.05, 0) is 49.2 Å². The van der Waals surface area contributed by atoms with Gasteiger partial charge in [0.15, 0.2) is 0 Å². The van der Waals surface area contributed by atoms with E-state index in [-0.39, 0.29) is 48.7 Å². The van der Waals surface area contributed by atoms with Gasteiger partial charge in [-0.15, -0.1) is 0 Å². The summed E-state index contributed by atoms with van der Waals surface area (Å²) in [7, 11) is -3.60. The molecule has 0 atom stereocenters. The normalized spacial score (nSPS) is 15.5. The highest BCUT2D eigenvalue weighted by Gasteiger charge is 2.32. The third kappa shape index (κ3) is 5.78. The molecule has 2 amide bonds. The van der Waals surface area contributed by atoms with E-state index in [2.05, 4.69) is 15.6 Å². The van der Waals surface area contributed by atoms with Crippen molar-refractivity contribution < 1.29 is 18.0 Å². The highest BCUT2D eigenvalue weighted by Crippen LogP contribution is 2.24. The first-order valence-corrected chi connectivity index (χ1v) is 11.4. The number of rotatable bonds is 7. The van der Waals surface area contributed by atoms with Crippen molar-refractivity contribution in [3.05, 3.63) is 53.7 Å².